The number of carbonyl (C=O) groups excluding carboxylic acids is 3. The molecule has 3 aromatic carbocycles. The Hall–Kier alpha value is -5.58. The Morgan fingerprint density at radius 2 is 1.57 bits per heavy atom. The molecule has 0 fully saturated rings. The molecule has 61 heavy (non-hydrogen) atoms. The zero-order valence-corrected chi connectivity index (χ0v) is 36.7. The molecule has 4 aromatic rings. The summed E-state index contributed by atoms with van der Waals surface area (Å²) >= 11 is 0. The number of carbonyl (C=O) groups is 3. The summed E-state index contributed by atoms with van der Waals surface area (Å²) in [7, 11) is 2.63. The molecular weight excluding hydrogens is 802 g/mol. The summed E-state index contributed by atoms with van der Waals surface area (Å²) in [6.07, 6.45) is -4.88. The van der Waals surface area contributed by atoms with Crippen molar-refractivity contribution in [3.8, 4) is 28.5 Å². The molecule has 5 rings (SSSR count). The molecule has 1 aromatic heterocycles. The summed E-state index contributed by atoms with van der Waals surface area (Å²) in [6.45, 7) is 15.5. The summed E-state index contributed by atoms with van der Waals surface area (Å²) in [5.41, 5.74) is -1.98. The minimum absolute atomic E-state index is 0.0239. The van der Waals surface area contributed by atoms with E-state index in [4.69, 9.17) is 23.8 Å². The van der Waals surface area contributed by atoms with E-state index in [1.54, 1.807) is 32.9 Å². The second-order valence-corrected chi connectivity index (χ2v) is 12.6. The molecule has 0 bridgehead atoms. The van der Waals surface area contributed by atoms with Gasteiger partial charge < -0.3 is 34.2 Å². The second-order valence-electron chi connectivity index (χ2n) is 12.6. The van der Waals surface area contributed by atoms with Crippen molar-refractivity contribution in [2.75, 3.05) is 34.0 Å². The molecular formula is C45H59F4N3O9. The van der Waals surface area contributed by atoms with Gasteiger partial charge in [-0.3, -0.25) is 14.4 Å². The average molecular weight is 862 g/mol. The Bertz CT molecular complexity index is 1950. The van der Waals surface area contributed by atoms with Crippen LogP contribution in [0.25, 0.3) is 11.3 Å². The van der Waals surface area contributed by atoms with Gasteiger partial charge in [0.25, 0.3) is 5.91 Å². The Labute approximate surface area is 355 Å². The fourth-order valence-electron chi connectivity index (χ4n) is 5.36. The fourth-order valence-corrected chi connectivity index (χ4v) is 5.36. The van der Waals surface area contributed by atoms with E-state index in [0.717, 1.165) is 30.0 Å². The molecule has 336 valence electrons. The first-order valence-electron chi connectivity index (χ1n) is 19.9. The molecule has 1 aliphatic rings. The van der Waals surface area contributed by atoms with E-state index in [-0.39, 0.29) is 59.3 Å². The number of amides is 1. The number of methoxy groups -OCH3 is 1. The summed E-state index contributed by atoms with van der Waals surface area (Å²) in [6, 6.07) is 18.9. The van der Waals surface area contributed by atoms with Gasteiger partial charge in [-0.15, -0.1) is 0 Å². The van der Waals surface area contributed by atoms with Crippen LogP contribution >= 0.6 is 0 Å². The van der Waals surface area contributed by atoms with Crippen LogP contribution in [0, 0.1) is 5.82 Å². The van der Waals surface area contributed by atoms with E-state index < -0.39 is 53.4 Å². The lowest BCUT2D eigenvalue weighted by Crippen LogP contribution is -2.51. The lowest BCUT2D eigenvalue weighted by Gasteiger charge is -2.32. The van der Waals surface area contributed by atoms with Gasteiger partial charge in [0, 0.05) is 28.7 Å². The summed E-state index contributed by atoms with van der Waals surface area (Å²) in [4.78, 5) is 43.8. The number of aldehydes is 1. The smallest absolute Gasteiger partial charge is 0.424 e. The highest BCUT2D eigenvalue weighted by Gasteiger charge is 2.57. The fraction of sp³-hybridized carbons (Fsp3) is 0.422. The molecule has 12 nitrogen and oxygen atoms in total. The Balaban J connectivity index is 0.00000115. The standard InChI is InChI=1S/C32H35F4N3O8.C7H6O.3C2H6/c1-6-26(40)47-18(2)15-45-23-12-9-20(13-24(23)43-4)29(41)37-16-31(42,32(34,35)36)25-14-22-28(46-17-30(22,3)39-44-5)27(38-25)19-7-10-21(33)11-8-19;8-6-7-4-2-1-3-5-7;3*1-2/h7-14,18,39,42H,6,15-17H2,1-5H3,(H,37,41);1-6H;3*1-2H3. The number of hydroxylamine groups is 1. The molecule has 0 saturated carbocycles. The van der Waals surface area contributed by atoms with Gasteiger partial charge in [0.05, 0.1) is 26.5 Å². The molecule has 2 heterocycles. The molecule has 0 aliphatic carbocycles. The van der Waals surface area contributed by atoms with Gasteiger partial charge in [0.1, 0.15) is 42.7 Å². The number of hydrogen-bond donors (Lipinski definition) is 3. The van der Waals surface area contributed by atoms with Crippen molar-refractivity contribution in [2.24, 2.45) is 0 Å². The molecule has 0 saturated heterocycles. The largest absolute Gasteiger partial charge is 0.493 e. The van der Waals surface area contributed by atoms with Crippen LogP contribution in [-0.4, -0.2) is 74.5 Å². The third kappa shape index (κ3) is 14.5. The Kier molecular flexibility index (Phi) is 22.7. The van der Waals surface area contributed by atoms with Gasteiger partial charge in [-0.25, -0.2) is 9.37 Å². The van der Waals surface area contributed by atoms with Crippen LogP contribution in [-0.2, 0) is 25.5 Å². The SMILES string of the molecule is CC.CC.CC.CCC(=O)OC(C)COc1ccc(C(=O)NCC(O)(c2cc3c(c(-c4ccc(F)cc4)n2)OCC3(C)NOC)C(F)(F)F)cc1OC.O=Cc1ccccc1. The van der Waals surface area contributed by atoms with Crippen LogP contribution < -0.4 is 25.0 Å². The number of aliphatic hydroxyl groups is 1. The third-order valence-corrected chi connectivity index (χ3v) is 8.37. The first-order valence-corrected chi connectivity index (χ1v) is 19.9. The number of hydrogen-bond acceptors (Lipinski definition) is 11. The Morgan fingerprint density at radius 3 is 2.10 bits per heavy atom. The minimum Gasteiger partial charge on any atom is -0.493 e. The van der Waals surface area contributed by atoms with Gasteiger partial charge >= 0.3 is 12.1 Å². The van der Waals surface area contributed by atoms with E-state index in [9.17, 15) is 37.1 Å². The molecule has 1 amide bonds. The number of rotatable bonds is 14. The van der Waals surface area contributed by atoms with Crippen molar-refractivity contribution >= 4 is 18.2 Å². The summed E-state index contributed by atoms with van der Waals surface area (Å²) in [5.74, 6) is -1.54. The minimum atomic E-state index is -5.32. The lowest BCUT2D eigenvalue weighted by atomic mass is 9.89. The number of esters is 1. The van der Waals surface area contributed by atoms with Crippen LogP contribution in [0.2, 0.25) is 0 Å². The third-order valence-electron chi connectivity index (χ3n) is 8.37. The average Bonchev–Trinajstić information content (AvgIpc) is 3.62. The van der Waals surface area contributed by atoms with Crippen LogP contribution in [0.5, 0.6) is 17.2 Å². The molecule has 0 spiro atoms. The second kappa shape index (κ2) is 25.9. The van der Waals surface area contributed by atoms with E-state index in [2.05, 4.69) is 15.8 Å². The van der Waals surface area contributed by atoms with Crippen molar-refractivity contribution in [2.45, 2.75) is 92.2 Å². The highest BCUT2D eigenvalue weighted by molar-refractivity contribution is 5.95. The molecule has 3 atom stereocenters. The zero-order valence-electron chi connectivity index (χ0n) is 36.7. The van der Waals surface area contributed by atoms with Crippen LogP contribution in [0.3, 0.4) is 0 Å². The normalized spacial score (nSPS) is 15.0. The van der Waals surface area contributed by atoms with E-state index in [1.807, 2.05) is 59.7 Å². The predicted octanol–water partition coefficient (Wildman–Crippen LogP) is 9.13. The molecule has 1 aliphatic heterocycles. The number of pyridine rings is 1. The number of nitrogens with one attached hydrogen (secondary N) is 2. The van der Waals surface area contributed by atoms with Gasteiger partial charge in [0.15, 0.2) is 17.2 Å². The van der Waals surface area contributed by atoms with Crippen molar-refractivity contribution in [1.29, 1.82) is 0 Å². The molecule has 3 unspecified atom stereocenters. The van der Waals surface area contributed by atoms with Crippen molar-refractivity contribution in [3.63, 3.8) is 0 Å². The van der Waals surface area contributed by atoms with Crippen molar-refractivity contribution in [1.82, 2.24) is 15.8 Å². The number of nitrogens with zero attached hydrogens (tertiary/aromatic N) is 1. The summed E-state index contributed by atoms with van der Waals surface area (Å²) in [5, 5.41) is 13.4. The first kappa shape index (κ1) is 53.4. The van der Waals surface area contributed by atoms with Gasteiger partial charge in [-0.2, -0.15) is 18.7 Å². The van der Waals surface area contributed by atoms with Crippen molar-refractivity contribution in [3.05, 3.63) is 107 Å². The van der Waals surface area contributed by atoms with E-state index in [0.29, 0.717) is 0 Å². The molecule has 3 N–H and O–H groups in total. The predicted molar refractivity (Wildman–Crippen MR) is 225 cm³/mol. The number of alkyl halides is 3. The topological polar surface area (TPSA) is 155 Å². The van der Waals surface area contributed by atoms with Crippen LogP contribution in [0.15, 0.2) is 78.9 Å². The highest BCUT2D eigenvalue weighted by atomic mass is 19.4. The van der Waals surface area contributed by atoms with Crippen molar-refractivity contribution < 1.29 is 60.8 Å². The number of benzene rings is 3. The number of fused-ring (bicyclic) bond motifs is 1. The summed E-state index contributed by atoms with van der Waals surface area (Å²) < 4.78 is 79.7. The van der Waals surface area contributed by atoms with E-state index >= 15 is 0 Å². The maximum absolute atomic E-state index is 14.7. The number of aromatic nitrogens is 1. The van der Waals surface area contributed by atoms with Gasteiger partial charge in [0.2, 0.25) is 5.60 Å². The van der Waals surface area contributed by atoms with Gasteiger partial charge in [-0.1, -0.05) is 78.8 Å². The van der Waals surface area contributed by atoms with Crippen LogP contribution in [0.1, 0.15) is 101 Å². The molecule has 0 radical (unpaired) electrons. The maximum atomic E-state index is 14.7. The monoisotopic (exact) mass is 861 g/mol. The first-order chi connectivity index (χ1) is 29.1. The highest BCUT2D eigenvalue weighted by Crippen LogP contribution is 2.47. The lowest BCUT2D eigenvalue weighted by molar-refractivity contribution is -0.265. The maximum Gasteiger partial charge on any atom is 0.424 e. The van der Waals surface area contributed by atoms with Gasteiger partial charge in [-0.05, 0) is 62.4 Å². The number of halogens is 4. The van der Waals surface area contributed by atoms with Crippen LogP contribution in [0.4, 0.5) is 17.6 Å². The zero-order chi connectivity index (χ0) is 46.4. The quantitative estimate of drug-likeness (QED) is 0.0481. The number of ether oxygens (including phenoxy) is 4. The molecule has 16 heteroatoms. The Morgan fingerprint density at radius 1 is 0.951 bits per heavy atom. The van der Waals surface area contributed by atoms with E-state index in [1.165, 1.54) is 44.6 Å².